The Labute approximate surface area is 143 Å². The van der Waals surface area contributed by atoms with Crippen molar-refractivity contribution < 1.29 is 9.84 Å². The molecule has 0 aliphatic carbocycles. The van der Waals surface area contributed by atoms with Gasteiger partial charge in [-0.1, -0.05) is 34.6 Å². The molecule has 1 aromatic heterocycles. The molecule has 0 fully saturated rings. The molecule has 2 rings (SSSR count). The lowest BCUT2D eigenvalue weighted by molar-refractivity contribution is 0.145. The summed E-state index contributed by atoms with van der Waals surface area (Å²) >= 11 is 0. The van der Waals surface area contributed by atoms with Gasteiger partial charge in [0.25, 0.3) is 0 Å². The summed E-state index contributed by atoms with van der Waals surface area (Å²) in [5.74, 6) is 0.203. The van der Waals surface area contributed by atoms with Crippen LogP contribution in [0.1, 0.15) is 39.3 Å². The van der Waals surface area contributed by atoms with Gasteiger partial charge in [-0.2, -0.15) is 0 Å². The molecule has 1 heterocycles. The van der Waals surface area contributed by atoms with Crippen molar-refractivity contribution in [1.82, 2.24) is 15.0 Å². The summed E-state index contributed by atoms with van der Waals surface area (Å²) in [5.41, 5.74) is 4.21. The quantitative estimate of drug-likeness (QED) is 0.583. The molecule has 0 atom stereocenters. The van der Waals surface area contributed by atoms with Crippen LogP contribution in [0.15, 0.2) is 53.8 Å². The first kappa shape index (κ1) is 17.9. The lowest BCUT2D eigenvalue weighted by Gasteiger charge is -2.01. The average Bonchev–Trinajstić information content (AvgIpc) is 3.00. The van der Waals surface area contributed by atoms with E-state index in [0.29, 0.717) is 13.2 Å². The van der Waals surface area contributed by atoms with Gasteiger partial charge in [-0.15, -0.1) is 5.10 Å². The Hall–Kier alpha value is -2.40. The van der Waals surface area contributed by atoms with Crippen molar-refractivity contribution in [3.63, 3.8) is 0 Å². The summed E-state index contributed by atoms with van der Waals surface area (Å²) in [7, 11) is 0. The lowest BCUT2D eigenvalue weighted by Crippen LogP contribution is -1.94. The van der Waals surface area contributed by atoms with Crippen LogP contribution in [0, 0.1) is 0 Å². The summed E-state index contributed by atoms with van der Waals surface area (Å²) in [6.45, 7) is 7.34. The molecule has 0 spiro atoms. The van der Waals surface area contributed by atoms with Crippen LogP contribution >= 0.6 is 0 Å². The third kappa shape index (κ3) is 6.01. The van der Waals surface area contributed by atoms with Gasteiger partial charge in [-0.3, -0.25) is 0 Å². The van der Waals surface area contributed by atoms with Crippen LogP contribution in [0.2, 0.25) is 0 Å². The van der Waals surface area contributed by atoms with Crippen molar-refractivity contribution in [2.24, 2.45) is 0 Å². The fourth-order valence-electron chi connectivity index (χ4n) is 2.18. The molecule has 0 aliphatic heterocycles. The highest BCUT2D eigenvalue weighted by molar-refractivity contribution is 5.37. The zero-order chi connectivity index (χ0) is 17.4. The predicted molar refractivity (Wildman–Crippen MR) is 95.1 cm³/mol. The first-order valence-electron chi connectivity index (χ1n) is 8.12. The third-order valence-corrected chi connectivity index (χ3v) is 3.53. The van der Waals surface area contributed by atoms with Crippen LogP contribution in [0.4, 0.5) is 0 Å². The van der Waals surface area contributed by atoms with E-state index in [4.69, 9.17) is 4.74 Å². The van der Waals surface area contributed by atoms with E-state index in [1.807, 2.05) is 6.07 Å². The van der Waals surface area contributed by atoms with Crippen LogP contribution in [0.25, 0.3) is 5.69 Å². The van der Waals surface area contributed by atoms with Gasteiger partial charge in [0, 0.05) is 6.07 Å². The summed E-state index contributed by atoms with van der Waals surface area (Å²) in [6, 6.07) is 6.89. The zero-order valence-electron chi connectivity index (χ0n) is 14.6. The van der Waals surface area contributed by atoms with E-state index >= 15 is 0 Å². The molecule has 5 heteroatoms. The van der Waals surface area contributed by atoms with Crippen LogP contribution < -0.4 is 0 Å². The minimum Gasteiger partial charge on any atom is -0.508 e. The first-order valence-corrected chi connectivity index (χ1v) is 8.12. The number of phenolic OH excluding ortho intramolecular Hbond substituents is 1. The van der Waals surface area contributed by atoms with Gasteiger partial charge in [0.1, 0.15) is 11.4 Å². The molecule has 2 aromatic rings. The average molecular weight is 327 g/mol. The van der Waals surface area contributed by atoms with Crippen LogP contribution in [-0.2, 0) is 11.3 Å². The number of hydrogen-bond donors (Lipinski definition) is 1. The predicted octanol–water partition coefficient (Wildman–Crippen LogP) is 4.18. The van der Waals surface area contributed by atoms with Crippen molar-refractivity contribution in [3.05, 3.63) is 59.5 Å². The number of phenols is 1. The van der Waals surface area contributed by atoms with E-state index in [1.165, 1.54) is 11.1 Å². The molecule has 0 amide bonds. The van der Waals surface area contributed by atoms with Crippen LogP contribution in [0.5, 0.6) is 5.75 Å². The number of benzene rings is 1. The Bertz CT molecular complexity index is 713. The molecule has 128 valence electrons. The molecule has 5 nitrogen and oxygen atoms in total. The Morgan fingerprint density at radius 3 is 2.83 bits per heavy atom. The second-order valence-corrected chi connectivity index (χ2v) is 6.06. The SMILES string of the molecule is CC(C)=CCC/C(C)=C/COCc1cn(-c2cccc(O)c2)nn1. The molecule has 0 saturated heterocycles. The molecule has 0 saturated carbocycles. The van der Waals surface area contributed by atoms with E-state index in [0.717, 1.165) is 24.2 Å². The second-order valence-electron chi connectivity index (χ2n) is 6.06. The fraction of sp³-hybridized carbons (Fsp3) is 0.368. The third-order valence-electron chi connectivity index (χ3n) is 3.53. The van der Waals surface area contributed by atoms with Gasteiger partial charge in [0.05, 0.1) is 25.1 Å². The van der Waals surface area contributed by atoms with Crippen molar-refractivity contribution in [2.45, 2.75) is 40.2 Å². The maximum atomic E-state index is 9.50. The minimum atomic E-state index is 0.203. The van der Waals surface area contributed by atoms with E-state index in [9.17, 15) is 5.11 Å². The number of hydrogen-bond acceptors (Lipinski definition) is 4. The van der Waals surface area contributed by atoms with Crippen LogP contribution in [0.3, 0.4) is 0 Å². The molecule has 24 heavy (non-hydrogen) atoms. The van der Waals surface area contributed by atoms with Crippen molar-refractivity contribution in [2.75, 3.05) is 6.61 Å². The topological polar surface area (TPSA) is 60.2 Å². The maximum Gasteiger partial charge on any atom is 0.117 e. The van der Waals surface area contributed by atoms with E-state index < -0.39 is 0 Å². The van der Waals surface area contributed by atoms with Gasteiger partial charge in [-0.05, 0) is 45.7 Å². The standard InChI is InChI=1S/C19H25N3O2/c1-15(2)6-4-7-16(3)10-11-24-14-17-13-22(21-20-17)18-8-5-9-19(23)12-18/h5-6,8-10,12-13,23H,4,7,11,14H2,1-3H3/b16-10+. The number of nitrogens with zero attached hydrogens (tertiary/aromatic N) is 3. The molecular formula is C19H25N3O2. The maximum absolute atomic E-state index is 9.50. The summed E-state index contributed by atoms with van der Waals surface area (Å²) < 4.78 is 7.26. The van der Waals surface area contributed by atoms with Gasteiger partial charge in [-0.25, -0.2) is 4.68 Å². The lowest BCUT2D eigenvalue weighted by atomic mass is 10.1. The van der Waals surface area contributed by atoms with Gasteiger partial charge < -0.3 is 9.84 Å². The molecular weight excluding hydrogens is 302 g/mol. The monoisotopic (exact) mass is 327 g/mol. The van der Waals surface area contributed by atoms with E-state index in [1.54, 1.807) is 29.1 Å². The number of aromatic hydroxyl groups is 1. The second kappa shape index (κ2) is 9.03. The summed E-state index contributed by atoms with van der Waals surface area (Å²) in [5, 5.41) is 17.6. The molecule has 0 radical (unpaired) electrons. The highest BCUT2D eigenvalue weighted by Crippen LogP contribution is 2.14. The molecule has 1 N–H and O–H groups in total. The molecule has 1 aromatic carbocycles. The minimum absolute atomic E-state index is 0.203. The van der Waals surface area contributed by atoms with Crippen molar-refractivity contribution in [3.8, 4) is 11.4 Å². The Balaban J connectivity index is 1.78. The highest BCUT2D eigenvalue weighted by Gasteiger charge is 2.03. The van der Waals surface area contributed by atoms with Gasteiger partial charge in [0.2, 0.25) is 0 Å². The molecule has 0 unspecified atom stereocenters. The van der Waals surface area contributed by atoms with Crippen LogP contribution in [-0.4, -0.2) is 26.7 Å². The van der Waals surface area contributed by atoms with Gasteiger partial charge >= 0.3 is 0 Å². The number of rotatable bonds is 8. The highest BCUT2D eigenvalue weighted by atomic mass is 16.5. The zero-order valence-corrected chi connectivity index (χ0v) is 14.6. The molecule has 0 aliphatic rings. The molecule has 0 bridgehead atoms. The van der Waals surface area contributed by atoms with Gasteiger partial charge in [0.15, 0.2) is 0 Å². The number of allylic oxidation sites excluding steroid dienone is 3. The van der Waals surface area contributed by atoms with Crippen molar-refractivity contribution in [1.29, 1.82) is 0 Å². The Kier molecular flexibility index (Phi) is 6.75. The number of aromatic nitrogens is 3. The largest absolute Gasteiger partial charge is 0.508 e. The summed E-state index contributed by atoms with van der Waals surface area (Å²) in [4.78, 5) is 0. The number of ether oxygens (including phenoxy) is 1. The Morgan fingerprint density at radius 2 is 2.08 bits per heavy atom. The Morgan fingerprint density at radius 1 is 1.25 bits per heavy atom. The normalized spacial score (nSPS) is 11.5. The summed E-state index contributed by atoms with van der Waals surface area (Å²) in [6.07, 6.45) is 8.29. The smallest absolute Gasteiger partial charge is 0.117 e. The van der Waals surface area contributed by atoms with E-state index in [2.05, 4.69) is 43.2 Å². The van der Waals surface area contributed by atoms with Crippen molar-refractivity contribution >= 4 is 0 Å². The fourth-order valence-corrected chi connectivity index (χ4v) is 2.18. The first-order chi connectivity index (χ1) is 11.5. The van der Waals surface area contributed by atoms with E-state index in [-0.39, 0.29) is 5.75 Å².